The number of hydrogen-bond acceptors (Lipinski definition) is 6. The zero-order valence-corrected chi connectivity index (χ0v) is 19.3. The van der Waals surface area contributed by atoms with Crippen LogP contribution in [-0.2, 0) is 24.1 Å². The number of methoxy groups -OCH3 is 1. The summed E-state index contributed by atoms with van der Waals surface area (Å²) in [5.74, 6) is 1.26. The number of fused-ring (bicyclic) bond motifs is 2. The quantitative estimate of drug-likeness (QED) is 0.600. The van der Waals surface area contributed by atoms with Crippen LogP contribution in [0.15, 0.2) is 36.7 Å². The van der Waals surface area contributed by atoms with Crippen molar-refractivity contribution in [2.75, 3.05) is 31.7 Å². The summed E-state index contributed by atoms with van der Waals surface area (Å²) in [6.45, 7) is 5.30. The normalized spacial score (nSPS) is 22.5. The fourth-order valence-corrected chi connectivity index (χ4v) is 5.10. The second kappa shape index (κ2) is 9.11. The Labute approximate surface area is 194 Å². The van der Waals surface area contributed by atoms with Crippen LogP contribution in [0.25, 0.3) is 11.0 Å². The van der Waals surface area contributed by atoms with Crippen LogP contribution in [0, 0.1) is 5.92 Å². The monoisotopic (exact) mass is 448 g/mol. The smallest absolute Gasteiger partial charge is 0.253 e. The van der Waals surface area contributed by atoms with Gasteiger partial charge in [-0.05, 0) is 49.9 Å². The molecule has 3 atom stereocenters. The van der Waals surface area contributed by atoms with Gasteiger partial charge in [0.05, 0.1) is 12.2 Å². The van der Waals surface area contributed by atoms with Gasteiger partial charge in [0.25, 0.3) is 5.91 Å². The molecule has 2 aliphatic rings. The first-order valence-corrected chi connectivity index (χ1v) is 11.8. The maximum Gasteiger partial charge on any atom is 0.253 e. The topological polar surface area (TPSA) is 98.3 Å². The Morgan fingerprint density at radius 2 is 2.18 bits per heavy atom. The van der Waals surface area contributed by atoms with E-state index in [0.29, 0.717) is 18.1 Å². The Kier molecular flexibility index (Phi) is 6.03. The summed E-state index contributed by atoms with van der Waals surface area (Å²) in [5, 5.41) is 4.19. The average molecular weight is 449 g/mol. The van der Waals surface area contributed by atoms with Gasteiger partial charge in [0.15, 0.2) is 0 Å². The van der Waals surface area contributed by atoms with Crippen molar-refractivity contribution in [2.24, 2.45) is 11.7 Å². The van der Waals surface area contributed by atoms with Gasteiger partial charge in [0.1, 0.15) is 11.5 Å². The van der Waals surface area contributed by atoms with Crippen molar-refractivity contribution in [1.82, 2.24) is 19.9 Å². The minimum atomic E-state index is -0.0677. The first-order valence-electron chi connectivity index (χ1n) is 11.8. The van der Waals surface area contributed by atoms with Crippen molar-refractivity contribution in [2.45, 2.75) is 44.8 Å². The van der Waals surface area contributed by atoms with E-state index in [1.165, 1.54) is 5.56 Å². The van der Waals surface area contributed by atoms with E-state index >= 15 is 0 Å². The van der Waals surface area contributed by atoms with E-state index in [1.54, 1.807) is 13.3 Å². The van der Waals surface area contributed by atoms with Crippen LogP contribution >= 0.6 is 0 Å². The molecule has 0 radical (unpaired) electrons. The van der Waals surface area contributed by atoms with Crippen molar-refractivity contribution in [3.8, 4) is 0 Å². The molecular formula is C25H32N6O2. The van der Waals surface area contributed by atoms with Crippen molar-refractivity contribution in [1.29, 1.82) is 0 Å². The van der Waals surface area contributed by atoms with E-state index in [4.69, 9.17) is 15.5 Å². The second-order valence-corrected chi connectivity index (χ2v) is 9.21. The van der Waals surface area contributed by atoms with Gasteiger partial charge in [-0.3, -0.25) is 4.79 Å². The molecule has 8 nitrogen and oxygen atoms in total. The summed E-state index contributed by atoms with van der Waals surface area (Å²) in [6, 6.07) is 8.38. The molecule has 5 rings (SSSR count). The largest absolute Gasteiger partial charge is 0.384 e. The van der Waals surface area contributed by atoms with Crippen LogP contribution in [0.5, 0.6) is 0 Å². The number of aryl methyl sites for hydroxylation is 2. The van der Waals surface area contributed by atoms with Crippen LogP contribution in [0.3, 0.4) is 0 Å². The molecule has 33 heavy (non-hydrogen) atoms. The molecule has 0 bridgehead atoms. The number of nitrogens with two attached hydrogens (primary N) is 1. The summed E-state index contributed by atoms with van der Waals surface area (Å²) < 4.78 is 7.38. The zero-order chi connectivity index (χ0) is 22.9. The Balaban J connectivity index is 1.24. The molecule has 1 amide bonds. The van der Waals surface area contributed by atoms with Crippen molar-refractivity contribution in [3.63, 3.8) is 0 Å². The molecular weight excluding hydrogens is 416 g/mol. The molecule has 3 N–H and O–H groups in total. The number of nitrogens with zero attached hydrogens (tertiary/aromatic N) is 4. The van der Waals surface area contributed by atoms with E-state index in [9.17, 15) is 4.79 Å². The van der Waals surface area contributed by atoms with Crippen LogP contribution in [0.4, 0.5) is 5.82 Å². The fourth-order valence-electron chi connectivity index (χ4n) is 5.10. The Morgan fingerprint density at radius 1 is 1.30 bits per heavy atom. The third-order valence-electron chi connectivity index (χ3n) is 6.99. The van der Waals surface area contributed by atoms with Crippen molar-refractivity contribution >= 4 is 22.8 Å². The first kappa shape index (κ1) is 21.9. The van der Waals surface area contributed by atoms with Crippen LogP contribution in [-0.4, -0.2) is 59.3 Å². The maximum atomic E-state index is 12.9. The Hall–Kier alpha value is -2.97. The standard InChI is InChI=1S/C25H32N6O2/c1-3-30-9-8-17-10-18(12-27-24(17)30)25(32)28-20-5-6-22-16(11-20)4-7-23(29-22)31-13-19(15-33-2)21(26)14-31/h4,7-10,12,19-21H,3,5-6,11,13-15,26H2,1-2H3,(H,28,32). The van der Waals surface area contributed by atoms with Crippen LogP contribution in [0.2, 0.25) is 0 Å². The molecule has 3 aromatic heterocycles. The zero-order valence-electron chi connectivity index (χ0n) is 19.3. The Bertz CT molecular complexity index is 1160. The molecule has 3 unspecified atom stereocenters. The van der Waals surface area contributed by atoms with Gasteiger partial charge in [0, 0.05) is 68.2 Å². The summed E-state index contributed by atoms with van der Waals surface area (Å²) in [6.07, 6.45) is 6.20. The van der Waals surface area contributed by atoms with E-state index in [0.717, 1.165) is 61.4 Å². The van der Waals surface area contributed by atoms with E-state index in [1.807, 2.05) is 18.3 Å². The molecule has 8 heteroatoms. The van der Waals surface area contributed by atoms with Gasteiger partial charge < -0.3 is 25.3 Å². The lowest BCUT2D eigenvalue weighted by Gasteiger charge is -2.26. The van der Waals surface area contributed by atoms with E-state index in [2.05, 4.69) is 38.8 Å². The first-order chi connectivity index (χ1) is 16.1. The predicted molar refractivity (Wildman–Crippen MR) is 128 cm³/mol. The van der Waals surface area contributed by atoms with Gasteiger partial charge in [-0.25, -0.2) is 9.97 Å². The molecule has 0 spiro atoms. The maximum absolute atomic E-state index is 12.9. The number of nitrogens with one attached hydrogen (secondary N) is 1. The van der Waals surface area contributed by atoms with Crippen molar-refractivity contribution < 1.29 is 9.53 Å². The van der Waals surface area contributed by atoms with Crippen LogP contribution in [0.1, 0.15) is 35.0 Å². The fraction of sp³-hybridized carbons (Fsp3) is 0.480. The lowest BCUT2D eigenvalue weighted by atomic mass is 9.91. The third-order valence-corrected chi connectivity index (χ3v) is 6.99. The van der Waals surface area contributed by atoms with Crippen molar-refractivity contribution in [3.05, 3.63) is 53.5 Å². The molecule has 1 aliphatic heterocycles. The number of rotatable bonds is 6. The van der Waals surface area contributed by atoms with Crippen LogP contribution < -0.4 is 16.0 Å². The number of anilines is 1. The lowest BCUT2D eigenvalue weighted by molar-refractivity contribution is 0.0933. The molecule has 4 heterocycles. The molecule has 0 saturated carbocycles. The highest BCUT2D eigenvalue weighted by Gasteiger charge is 2.31. The number of carbonyl (C=O) groups excluding carboxylic acids is 1. The molecule has 1 aliphatic carbocycles. The number of carbonyl (C=O) groups is 1. The molecule has 0 aromatic carbocycles. The van der Waals surface area contributed by atoms with Gasteiger partial charge >= 0.3 is 0 Å². The second-order valence-electron chi connectivity index (χ2n) is 9.21. The minimum absolute atomic E-state index is 0.0677. The Morgan fingerprint density at radius 3 is 3.00 bits per heavy atom. The lowest BCUT2D eigenvalue weighted by Crippen LogP contribution is -2.39. The van der Waals surface area contributed by atoms with Gasteiger partial charge in [-0.1, -0.05) is 6.07 Å². The number of hydrogen-bond donors (Lipinski definition) is 2. The van der Waals surface area contributed by atoms with Gasteiger partial charge in [-0.2, -0.15) is 0 Å². The summed E-state index contributed by atoms with van der Waals surface area (Å²) >= 11 is 0. The third kappa shape index (κ3) is 4.32. The number of ether oxygens (including phenoxy) is 1. The molecule has 1 saturated heterocycles. The summed E-state index contributed by atoms with van der Waals surface area (Å²) in [4.78, 5) is 24.6. The average Bonchev–Trinajstić information content (AvgIpc) is 3.41. The molecule has 174 valence electrons. The summed E-state index contributed by atoms with van der Waals surface area (Å²) in [5.41, 5.74) is 10.1. The van der Waals surface area contributed by atoms with E-state index in [-0.39, 0.29) is 18.0 Å². The highest BCUT2D eigenvalue weighted by atomic mass is 16.5. The van der Waals surface area contributed by atoms with Gasteiger partial charge in [-0.15, -0.1) is 0 Å². The predicted octanol–water partition coefficient (Wildman–Crippen LogP) is 2.15. The molecule has 3 aromatic rings. The SMILES string of the molecule is CCn1ccc2cc(C(=O)NC3CCc4nc(N5CC(N)C(COC)C5)ccc4C3)cnc21. The minimum Gasteiger partial charge on any atom is -0.384 e. The summed E-state index contributed by atoms with van der Waals surface area (Å²) in [7, 11) is 1.72. The van der Waals surface area contributed by atoms with E-state index < -0.39 is 0 Å². The highest BCUT2D eigenvalue weighted by molar-refractivity contribution is 5.97. The van der Waals surface area contributed by atoms with Gasteiger partial charge in [0.2, 0.25) is 0 Å². The number of pyridine rings is 2. The highest BCUT2D eigenvalue weighted by Crippen LogP contribution is 2.27. The number of aromatic nitrogens is 3. The number of amides is 1. The molecule has 1 fully saturated rings.